The average molecular weight is 268 g/mol. The lowest BCUT2D eigenvalue weighted by Gasteiger charge is -2.20. The smallest absolute Gasteiger partial charge is 0.309 e. The van der Waals surface area contributed by atoms with E-state index in [4.69, 9.17) is 16.2 Å². The van der Waals surface area contributed by atoms with Crippen LogP contribution < -0.4 is 11.5 Å². The van der Waals surface area contributed by atoms with Crippen molar-refractivity contribution in [2.45, 2.75) is 26.2 Å². The number of ether oxygens (including phenoxy) is 1. The lowest BCUT2D eigenvalue weighted by molar-refractivity contribution is -0.148. The van der Waals surface area contributed by atoms with Gasteiger partial charge < -0.3 is 16.2 Å². The number of nitrogens with two attached hydrogens (primary N) is 2. The summed E-state index contributed by atoms with van der Waals surface area (Å²) in [6, 6.07) is 0. The first-order chi connectivity index (χ1) is 8.54. The molecule has 1 aromatic rings. The van der Waals surface area contributed by atoms with E-state index in [1.54, 1.807) is 6.92 Å². The number of rotatable bonds is 3. The van der Waals surface area contributed by atoms with Crippen LogP contribution in [-0.2, 0) is 22.4 Å². The van der Waals surface area contributed by atoms with Crippen molar-refractivity contribution in [2.24, 2.45) is 11.7 Å². The fraction of sp³-hybridized carbons (Fsp3) is 0.500. The maximum Gasteiger partial charge on any atom is 0.309 e. The summed E-state index contributed by atoms with van der Waals surface area (Å²) in [5.41, 5.74) is 12.5. The molecule has 0 radical (unpaired) electrons. The van der Waals surface area contributed by atoms with Crippen LogP contribution in [0.1, 0.15) is 34.1 Å². The highest BCUT2D eigenvalue weighted by molar-refractivity contribution is 7.16. The summed E-state index contributed by atoms with van der Waals surface area (Å²) in [5, 5.41) is 0.456. The van der Waals surface area contributed by atoms with Gasteiger partial charge in [-0.25, -0.2) is 0 Å². The monoisotopic (exact) mass is 268 g/mol. The first-order valence-corrected chi connectivity index (χ1v) is 6.72. The first kappa shape index (κ1) is 12.9. The van der Waals surface area contributed by atoms with Crippen LogP contribution in [0.25, 0.3) is 0 Å². The Labute approximate surface area is 109 Å². The molecule has 5 nitrogen and oxygen atoms in total. The summed E-state index contributed by atoms with van der Waals surface area (Å²) < 4.78 is 5.02. The zero-order valence-electron chi connectivity index (χ0n) is 10.2. The van der Waals surface area contributed by atoms with Gasteiger partial charge in [0.15, 0.2) is 0 Å². The molecule has 6 heteroatoms. The number of nitrogen functional groups attached to an aromatic ring is 1. The van der Waals surface area contributed by atoms with Crippen LogP contribution in [0, 0.1) is 5.92 Å². The van der Waals surface area contributed by atoms with Gasteiger partial charge in [0.05, 0.1) is 23.1 Å². The summed E-state index contributed by atoms with van der Waals surface area (Å²) in [6.07, 6.45) is 1.93. The van der Waals surface area contributed by atoms with Gasteiger partial charge in [0.1, 0.15) is 0 Å². The molecule has 98 valence electrons. The summed E-state index contributed by atoms with van der Waals surface area (Å²) in [5.74, 6) is -0.786. The van der Waals surface area contributed by atoms with Crippen molar-refractivity contribution in [3.8, 4) is 0 Å². The van der Waals surface area contributed by atoms with E-state index in [0.717, 1.165) is 10.4 Å². The van der Waals surface area contributed by atoms with Gasteiger partial charge in [0.25, 0.3) is 5.91 Å². The molecule has 1 aliphatic carbocycles. The van der Waals surface area contributed by atoms with Gasteiger partial charge in [-0.1, -0.05) is 0 Å². The molecule has 18 heavy (non-hydrogen) atoms. The van der Waals surface area contributed by atoms with Gasteiger partial charge in [0.2, 0.25) is 0 Å². The quantitative estimate of drug-likeness (QED) is 0.802. The Hall–Kier alpha value is -1.56. The zero-order valence-corrected chi connectivity index (χ0v) is 11.0. The Balaban J connectivity index is 2.23. The SMILES string of the molecule is CCOC(=O)C1CCc2c(sc(N)c2C(N)=O)C1. The van der Waals surface area contributed by atoms with Crippen molar-refractivity contribution >= 4 is 28.2 Å². The maximum absolute atomic E-state index is 11.7. The second kappa shape index (κ2) is 4.97. The van der Waals surface area contributed by atoms with Crippen molar-refractivity contribution in [1.82, 2.24) is 0 Å². The van der Waals surface area contributed by atoms with Crippen molar-refractivity contribution < 1.29 is 14.3 Å². The molecule has 0 saturated carbocycles. The molecule has 1 aliphatic rings. The molecule has 1 amide bonds. The minimum absolute atomic E-state index is 0.128. The van der Waals surface area contributed by atoms with Gasteiger partial charge in [-0.05, 0) is 31.7 Å². The molecule has 1 heterocycles. The number of anilines is 1. The molecule has 0 aromatic carbocycles. The number of hydrogen-bond donors (Lipinski definition) is 2. The van der Waals surface area contributed by atoms with Gasteiger partial charge in [0, 0.05) is 4.88 Å². The summed E-state index contributed by atoms with van der Waals surface area (Å²) in [6.45, 7) is 2.18. The van der Waals surface area contributed by atoms with E-state index in [1.807, 2.05) is 0 Å². The second-order valence-corrected chi connectivity index (χ2v) is 5.44. The maximum atomic E-state index is 11.7. The Morgan fingerprint density at radius 1 is 1.50 bits per heavy atom. The Morgan fingerprint density at radius 2 is 2.22 bits per heavy atom. The van der Waals surface area contributed by atoms with Gasteiger partial charge in [-0.15, -0.1) is 11.3 Å². The van der Waals surface area contributed by atoms with Crippen LogP contribution in [-0.4, -0.2) is 18.5 Å². The van der Waals surface area contributed by atoms with Gasteiger partial charge in [-0.3, -0.25) is 9.59 Å². The molecule has 0 spiro atoms. The standard InChI is InChI=1S/C12H16N2O3S/c1-2-17-12(16)6-3-4-7-8(5-6)18-11(14)9(7)10(13)15/h6H,2-5,14H2,1H3,(H2,13,15). The molecule has 1 atom stereocenters. The third-order valence-electron chi connectivity index (χ3n) is 3.16. The van der Waals surface area contributed by atoms with Gasteiger partial charge >= 0.3 is 5.97 Å². The lowest BCUT2D eigenvalue weighted by atomic mass is 9.87. The molecule has 0 aliphatic heterocycles. The predicted molar refractivity (Wildman–Crippen MR) is 69.4 cm³/mol. The van der Waals surface area contributed by atoms with E-state index in [0.29, 0.717) is 36.4 Å². The van der Waals surface area contributed by atoms with E-state index in [-0.39, 0.29) is 11.9 Å². The normalized spacial score (nSPS) is 18.2. The van der Waals surface area contributed by atoms with E-state index in [1.165, 1.54) is 11.3 Å². The molecule has 2 rings (SSSR count). The molecule has 1 unspecified atom stereocenters. The van der Waals surface area contributed by atoms with Crippen LogP contribution in [0.2, 0.25) is 0 Å². The van der Waals surface area contributed by atoms with Crippen LogP contribution >= 0.6 is 11.3 Å². The summed E-state index contributed by atoms with van der Waals surface area (Å²) in [7, 11) is 0. The van der Waals surface area contributed by atoms with E-state index >= 15 is 0 Å². The van der Waals surface area contributed by atoms with E-state index < -0.39 is 5.91 Å². The zero-order chi connectivity index (χ0) is 13.3. The van der Waals surface area contributed by atoms with Crippen LogP contribution in [0.3, 0.4) is 0 Å². The van der Waals surface area contributed by atoms with Crippen molar-refractivity contribution in [3.05, 3.63) is 16.0 Å². The number of esters is 1. The number of thiophene rings is 1. The van der Waals surface area contributed by atoms with E-state index in [9.17, 15) is 9.59 Å². The molecular weight excluding hydrogens is 252 g/mol. The average Bonchev–Trinajstić information content (AvgIpc) is 2.63. The number of hydrogen-bond acceptors (Lipinski definition) is 5. The molecule has 0 saturated heterocycles. The third-order valence-corrected chi connectivity index (χ3v) is 4.24. The number of carbonyl (C=O) groups excluding carboxylic acids is 2. The minimum Gasteiger partial charge on any atom is -0.466 e. The Morgan fingerprint density at radius 3 is 2.83 bits per heavy atom. The summed E-state index contributed by atoms with van der Waals surface area (Å²) in [4.78, 5) is 24.0. The fourth-order valence-electron chi connectivity index (χ4n) is 2.34. The third kappa shape index (κ3) is 2.20. The molecule has 0 fully saturated rings. The van der Waals surface area contributed by atoms with Crippen LogP contribution in [0.4, 0.5) is 5.00 Å². The Kier molecular flexibility index (Phi) is 3.56. The molecule has 1 aromatic heterocycles. The first-order valence-electron chi connectivity index (χ1n) is 5.91. The highest BCUT2D eigenvalue weighted by atomic mass is 32.1. The highest BCUT2D eigenvalue weighted by Crippen LogP contribution is 2.38. The number of carbonyl (C=O) groups is 2. The van der Waals surface area contributed by atoms with Crippen LogP contribution in [0.5, 0.6) is 0 Å². The van der Waals surface area contributed by atoms with Crippen LogP contribution in [0.15, 0.2) is 0 Å². The molecule has 4 N–H and O–H groups in total. The highest BCUT2D eigenvalue weighted by Gasteiger charge is 2.31. The Bertz CT molecular complexity index is 496. The largest absolute Gasteiger partial charge is 0.466 e. The molecule has 0 bridgehead atoms. The topological polar surface area (TPSA) is 95.4 Å². The van der Waals surface area contributed by atoms with E-state index in [2.05, 4.69) is 0 Å². The van der Waals surface area contributed by atoms with Crippen molar-refractivity contribution in [1.29, 1.82) is 0 Å². The predicted octanol–water partition coefficient (Wildman–Crippen LogP) is 1.10. The lowest BCUT2D eigenvalue weighted by Crippen LogP contribution is -2.25. The number of primary amides is 1. The number of fused-ring (bicyclic) bond motifs is 1. The number of amides is 1. The van der Waals surface area contributed by atoms with Crippen molar-refractivity contribution in [3.63, 3.8) is 0 Å². The van der Waals surface area contributed by atoms with Gasteiger partial charge in [-0.2, -0.15) is 0 Å². The minimum atomic E-state index is -0.486. The second-order valence-electron chi connectivity index (χ2n) is 4.30. The van der Waals surface area contributed by atoms with Crippen molar-refractivity contribution in [2.75, 3.05) is 12.3 Å². The molecular formula is C12H16N2O3S. The summed E-state index contributed by atoms with van der Waals surface area (Å²) >= 11 is 1.35. The fourth-order valence-corrected chi connectivity index (χ4v) is 3.54.